The maximum atomic E-state index is 13.3. The Hall–Kier alpha value is -2.58. The molecular weight excluding hydrogens is 351 g/mol. The number of halogens is 3. The van der Waals surface area contributed by atoms with Gasteiger partial charge in [0.05, 0.1) is 11.3 Å². The van der Waals surface area contributed by atoms with Crippen LogP contribution in [0.25, 0.3) is 0 Å². The number of carbonyl (C=O) groups is 3. The molecule has 0 bridgehead atoms. The van der Waals surface area contributed by atoms with E-state index in [1.165, 1.54) is 6.07 Å². The van der Waals surface area contributed by atoms with Crippen molar-refractivity contribution in [1.82, 2.24) is 10.2 Å². The minimum Gasteiger partial charge on any atom is -0.349 e. The van der Waals surface area contributed by atoms with Gasteiger partial charge in [0.1, 0.15) is 0 Å². The molecular formula is C17H18F3N3O3. The van der Waals surface area contributed by atoms with Crippen molar-refractivity contribution in [3.8, 4) is 0 Å². The summed E-state index contributed by atoms with van der Waals surface area (Å²) in [6.07, 6.45) is -4.58. The summed E-state index contributed by atoms with van der Waals surface area (Å²) in [5, 5.41) is 4.81. The number of rotatable bonds is 2. The molecule has 6 nitrogen and oxygen atoms in total. The van der Waals surface area contributed by atoms with E-state index in [-0.39, 0.29) is 18.5 Å². The number of fused-ring (bicyclic) bond motifs is 1. The van der Waals surface area contributed by atoms with Gasteiger partial charge in [0, 0.05) is 24.1 Å². The number of para-hydroxylation sites is 1. The minimum atomic E-state index is -4.71. The van der Waals surface area contributed by atoms with E-state index in [1.54, 1.807) is 20.8 Å². The Morgan fingerprint density at radius 1 is 1.23 bits per heavy atom. The fourth-order valence-corrected chi connectivity index (χ4v) is 3.27. The Labute approximate surface area is 147 Å². The zero-order chi connectivity index (χ0) is 19.5. The quantitative estimate of drug-likeness (QED) is 0.618. The largest absolute Gasteiger partial charge is 0.418 e. The third kappa shape index (κ3) is 2.53. The Morgan fingerprint density at radius 3 is 2.35 bits per heavy atom. The lowest BCUT2D eigenvalue weighted by Gasteiger charge is -2.44. The highest BCUT2D eigenvalue weighted by Crippen LogP contribution is 2.48. The average Bonchev–Trinajstić information content (AvgIpc) is 2.76. The summed E-state index contributed by atoms with van der Waals surface area (Å²) in [5.41, 5.74) is -4.58. The third-order valence-electron chi connectivity index (χ3n) is 4.40. The van der Waals surface area contributed by atoms with Crippen LogP contribution in [0.3, 0.4) is 0 Å². The number of anilines is 1. The molecule has 0 spiro atoms. The van der Waals surface area contributed by atoms with Crippen molar-refractivity contribution in [3.05, 3.63) is 29.3 Å². The summed E-state index contributed by atoms with van der Waals surface area (Å²) in [6.45, 7) is 5.14. The topological polar surface area (TPSA) is 78.5 Å². The maximum Gasteiger partial charge on any atom is 0.418 e. The maximum absolute atomic E-state index is 13.3. The van der Waals surface area contributed by atoms with Crippen LogP contribution in [-0.4, -0.2) is 34.7 Å². The van der Waals surface area contributed by atoms with Crippen LogP contribution in [0.4, 0.5) is 18.9 Å². The molecule has 3 rings (SSSR count). The molecule has 26 heavy (non-hydrogen) atoms. The number of benzene rings is 1. The van der Waals surface area contributed by atoms with E-state index in [1.807, 2.05) is 0 Å². The molecule has 2 aliphatic heterocycles. The average molecular weight is 369 g/mol. The molecule has 1 atom stereocenters. The summed E-state index contributed by atoms with van der Waals surface area (Å²) in [7, 11) is 0. The van der Waals surface area contributed by atoms with Gasteiger partial charge in [-0.05, 0) is 26.8 Å². The van der Waals surface area contributed by atoms with Gasteiger partial charge >= 0.3 is 6.18 Å². The highest BCUT2D eigenvalue weighted by Gasteiger charge is 2.62. The summed E-state index contributed by atoms with van der Waals surface area (Å²) < 4.78 is 40.0. The first-order chi connectivity index (χ1) is 11.9. The van der Waals surface area contributed by atoms with E-state index in [9.17, 15) is 27.6 Å². The van der Waals surface area contributed by atoms with Crippen LogP contribution in [0.5, 0.6) is 0 Å². The zero-order valence-corrected chi connectivity index (χ0v) is 14.5. The van der Waals surface area contributed by atoms with Crippen molar-refractivity contribution in [2.24, 2.45) is 0 Å². The van der Waals surface area contributed by atoms with Crippen LogP contribution in [0.15, 0.2) is 18.2 Å². The number of β-lactam (4-membered cyclic amide) rings is 1. The summed E-state index contributed by atoms with van der Waals surface area (Å²) >= 11 is 0. The van der Waals surface area contributed by atoms with Crippen molar-refractivity contribution in [2.75, 3.05) is 11.9 Å². The van der Waals surface area contributed by atoms with Gasteiger partial charge < -0.3 is 15.5 Å². The van der Waals surface area contributed by atoms with Crippen LogP contribution >= 0.6 is 0 Å². The van der Waals surface area contributed by atoms with Crippen LogP contribution < -0.4 is 10.6 Å². The van der Waals surface area contributed by atoms with Gasteiger partial charge in [-0.15, -0.1) is 0 Å². The number of nitrogens with one attached hydrogen (secondary N) is 2. The highest BCUT2D eigenvalue weighted by molar-refractivity contribution is 6.22. The lowest BCUT2D eigenvalue weighted by Crippen LogP contribution is -2.67. The Bertz CT molecular complexity index is 814. The van der Waals surface area contributed by atoms with Gasteiger partial charge in [0.15, 0.2) is 0 Å². The number of carbonyl (C=O) groups excluding carboxylic acids is 3. The van der Waals surface area contributed by atoms with Gasteiger partial charge in [-0.3, -0.25) is 14.4 Å². The van der Waals surface area contributed by atoms with Crippen molar-refractivity contribution >= 4 is 23.4 Å². The second-order valence-corrected chi connectivity index (χ2v) is 7.39. The van der Waals surface area contributed by atoms with Crippen molar-refractivity contribution < 1.29 is 27.6 Å². The molecule has 1 aromatic rings. The molecule has 1 unspecified atom stereocenters. The standard InChI is InChI=1S/C17H18F3N3O3/c1-15(2,3)22-14(26)16(23-8-7-11(23)24)9-5-4-6-10(17(18,19)20)12(9)21-13(16)25/h4-6H,7-8H2,1-3H3,(H,21,25)(H,22,26). The molecule has 140 valence electrons. The molecule has 0 aromatic heterocycles. The number of nitrogens with zero attached hydrogens (tertiary/aromatic N) is 1. The molecule has 0 saturated carbocycles. The molecule has 1 fully saturated rings. The Morgan fingerprint density at radius 2 is 1.88 bits per heavy atom. The molecule has 2 heterocycles. The normalized spacial score (nSPS) is 22.6. The van der Waals surface area contributed by atoms with E-state index in [4.69, 9.17) is 0 Å². The lowest BCUT2D eigenvalue weighted by atomic mass is 9.83. The Balaban J connectivity index is 2.23. The van der Waals surface area contributed by atoms with Crippen LogP contribution in [0.2, 0.25) is 0 Å². The van der Waals surface area contributed by atoms with Gasteiger partial charge in [0.25, 0.3) is 11.8 Å². The molecule has 9 heteroatoms. The minimum absolute atomic E-state index is 0.111. The van der Waals surface area contributed by atoms with Crippen molar-refractivity contribution in [3.63, 3.8) is 0 Å². The third-order valence-corrected chi connectivity index (χ3v) is 4.40. The predicted octanol–water partition coefficient (Wildman–Crippen LogP) is 2.00. The van der Waals surface area contributed by atoms with Crippen LogP contribution in [0.1, 0.15) is 38.3 Å². The summed E-state index contributed by atoms with van der Waals surface area (Å²) in [4.78, 5) is 39.0. The molecule has 2 aliphatic rings. The second-order valence-electron chi connectivity index (χ2n) is 7.39. The first-order valence-corrected chi connectivity index (χ1v) is 8.04. The van der Waals surface area contributed by atoms with E-state index in [0.717, 1.165) is 17.0 Å². The van der Waals surface area contributed by atoms with Gasteiger partial charge in [-0.1, -0.05) is 12.1 Å². The molecule has 1 aromatic carbocycles. The van der Waals surface area contributed by atoms with E-state index < -0.39 is 46.2 Å². The fraction of sp³-hybridized carbons (Fsp3) is 0.471. The molecule has 3 amide bonds. The monoisotopic (exact) mass is 369 g/mol. The first-order valence-electron chi connectivity index (χ1n) is 8.04. The predicted molar refractivity (Wildman–Crippen MR) is 86.0 cm³/mol. The van der Waals surface area contributed by atoms with Gasteiger partial charge in [-0.25, -0.2) is 0 Å². The Kier molecular flexibility index (Phi) is 3.82. The zero-order valence-electron chi connectivity index (χ0n) is 14.5. The van der Waals surface area contributed by atoms with E-state index >= 15 is 0 Å². The highest BCUT2D eigenvalue weighted by atomic mass is 19.4. The lowest BCUT2D eigenvalue weighted by molar-refractivity contribution is -0.163. The van der Waals surface area contributed by atoms with Gasteiger partial charge in [0.2, 0.25) is 11.4 Å². The molecule has 1 saturated heterocycles. The number of amides is 3. The molecule has 0 radical (unpaired) electrons. The SMILES string of the molecule is CC(C)(C)NC(=O)C1(N2CCC2=O)C(=O)Nc2c(C(F)(F)F)cccc21. The molecule has 0 aliphatic carbocycles. The summed E-state index contributed by atoms with van der Waals surface area (Å²) in [6, 6.07) is 3.23. The van der Waals surface area contributed by atoms with Gasteiger partial charge in [-0.2, -0.15) is 13.2 Å². The summed E-state index contributed by atoms with van der Waals surface area (Å²) in [5.74, 6) is -2.25. The number of likely N-dealkylation sites (tertiary alicyclic amines) is 1. The van der Waals surface area contributed by atoms with Crippen LogP contribution in [-0.2, 0) is 26.1 Å². The van der Waals surface area contributed by atoms with Crippen LogP contribution in [0, 0.1) is 0 Å². The van der Waals surface area contributed by atoms with E-state index in [0.29, 0.717) is 0 Å². The number of hydrogen-bond donors (Lipinski definition) is 2. The smallest absolute Gasteiger partial charge is 0.349 e. The first kappa shape index (κ1) is 18.2. The van der Waals surface area contributed by atoms with E-state index in [2.05, 4.69) is 10.6 Å². The number of alkyl halides is 3. The fourth-order valence-electron chi connectivity index (χ4n) is 3.27. The second kappa shape index (κ2) is 5.46. The number of hydrogen-bond acceptors (Lipinski definition) is 3. The van der Waals surface area contributed by atoms with Crippen molar-refractivity contribution in [1.29, 1.82) is 0 Å². The van der Waals surface area contributed by atoms with Crippen molar-refractivity contribution in [2.45, 2.75) is 44.4 Å². The molecule has 2 N–H and O–H groups in total.